The molecule has 44 heavy (non-hydrogen) atoms. The van der Waals surface area contributed by atoms with Crippen molar-refractivity contribution in [1.82, 2.24) is 4.98 Å². The van der Waals surface area contributed by atoms with Gasteiger partial charge in [0, 0.05) is 22.5 Å². The Morgan fingerprint density at radius 2 is 1.68 bits per heavy atom. The summed E-state index contributed by atoms with van der Waals surface area (Å²) in [6.45, 7) is 25.5. The zero-order valence-corrected chi connectivity index (χ0v) is 31.0. The molecular formula is C39H62N2O2S. The Labute approximate surface area is 274 Å². The molecule has 246 valence electrons. The number of fused-ring (bicyclic) bond motifs is 4. The third-order valence-corrected chi connectivity index (χ3v) is 9.73. The summed E-state index contributed by atoms with van der Waals surface area (Å²) in [6.07, 6.45) is 7.53. The number of hydrogen-bond donors (Lipinski definition) is 1. The quantitative estimate of drug-likeness (QED) is 0.367. The molecule has 1 saturated carbocycles. The number of rotatable bonds is 4. The van der Waals surface area contributed by atoms with Crippen LogP contribution in [0.1, 0.15) is 173 Å². The molecule has 5 heteroatoms. The average molecular weight is 623 g/mol. The molecule has 0 radical (unpaired) electrons. The van der Waals surface area contributed by atoms with Gasteiger partial charge in [0.15, 0.2) is 0 Å². The average Bonchev–Trinajstić information content (AvgIpc) is 3.53. The van der Waals surface area contributed by atoms with E-state index in [-0.39, 0.29) is 23.0 Å². The Morgan fingerprint density at radius 1 is 1.11 bits per heavy atom. The maximum atomic E-state index is 11.5. The molecule has 0 saturated heterocycles. The SMILES string of the molecule is CC.CC(C)c1nc2c(c3c1[C@H](c1ccc(C(C)(C)C#N)cc1)OC31CCCC1C)[C@@H](O)CC(C)(C)C2.CCC.CCSC. The molecule has 1 aromatic heterocycles. The Morgan fingerprint density at radius 3 is 2.14 bits per heavy atom. The Kier molecular flexibility index (Phi) is 14.0. The first-order valence-electron chi connectivity index (χ1n) is 17.2. The number of benzene rings is 1. The van der Waals surface area contributed by atoms with E-state index in [2.05, 4.69) is 92.0 Å². The molecule has 4 atom stereocenters. The third-order valence-electron chi connectivity index (χ3n) is 9.15. The lowest BCUT2D eigenvalue weighted by Gasteiger charge is -2.39. The van der Waals surface area contributed by atoms with Crippen molar-refractivity contribution in [1.29, 1.82) is 5.26 Å². The predicted octanol–water partition coefficient (Wildman–Crippen LogP) is 11.0. The summed E-state index contributed by atoms with van der Waals surface area (Å²) >= 11 is 1.86. The second kappa shape index (κ2) is 16.1. The summed E-state index contributed by atoms with van der Waals surface area (Å²) in [7, 11) is 0. The van der Waals surface area contributed by atoms with Crippen LogP contribution in [0.5, 0.6) is 0 Å². The fraction of sp³-hybridized carbons (Fsp3) is 0.692. The van der Waals surface area contributed by atoms with E-state index in [9.17, 15) is 10.4 Å². The standard InChI is InChI=1S/C31H40N2O2.C3H8S.C3H8.C2H6/c1-18(2)27-25-26(24-22(33-27)15-29(4,5)16-23(24)34)31(14-8-9-19(31)3)35-28(25)20-10-12-21(13-11-20)30(6,7)17-32;1-3-4-2;1-3-2;1-2/h10-13,18-19,23,28,34H,8-9,14-16H2,1-7H3;3H2,1-2H3;3H2,1-2H3;1-2H3/t19?,23-,28-,31?;;;/m0.../s1. The van der Waals surface area contributed by atoms with Crippen LogP contribution in [0.4, 0.5) is 0 Å². The van der Waals surface area contributed by atoms with E-state index in [1.165, 1.54) is 23.3 Å². The maximum absolute atomic E-state index is 11.5. The minimum atomic E-state index is -0.533. The molecule has 1 fully saturated rings. The van der Waals surface area contributed by atoms with Crippen molar-refractivity contribution in [3.63, 3.8) is 0 Å². The van der Waals surface area contributed by atoms with E-state index in [0.29, 0.717) is 5.92 Å². The number of aliphatic hydroxyl groups excluding tert-OH is 1. The van der Waals surface area contributed by atoms with Crippen molar-refractivity contribution in [3.8, 4) is 6.07 Å². The van der Waals surface area contributed by atoms with Crippen LogP contribution < -0.4 is 0 Å². The highest BCUT2D eigenvalue weighted by molar-refractivity contribution is 7.98. The first-order chi connectivity index (χ1) is 20.7. The number of hydrogen-bond acceptors (Lipinski definition) is 5. The van der Waals surface area contributed by atoms with Gasteiger partial charge in [0.05, 0.1) is 23.2 Å². The molecule has 1 aromatic carbocycles. The van der Waals surface area contributed by atoms with Crippen molar-refractivity contribution < 1.29 is 9.84 Å². The van der Waals surface area contributed by atoms with E-state index in [1.807, 2.05) is 39.5 Å². The third kappa shape index (κ3) is 7.91. The van der Waals surface area contributed by atoms with Gasteiger partial charge >= 0.3 is 0 Å². The number of ether oxygens (including phenoxy) is 1. The van der Waals surface area contributed by atoms with Gasteiger partial charge in [-0.2, -0.15) is 17.0 Å². The molecule has 3 aliphatic rings. The molecule has 1 aliphatic heterocycles. The van der Waals surface area contributed by atoms with Crippen molar-refractivity contribution in [2.75, 3.05) is 12.0 Å². The zero-order valence-electron chi connectivity index (χ0n) is 30.2. The topological polar surface area (TPSA) is 66.1 Å². The van der Waals surface area contributed by atoms with Crippen LogP contribution in [-0.2, 0) is 22.2 Å². The summed E-state index contributed by atoms with van der Waals surface area (Å²) in [4.78, 5) is 5.27. The number of nitriles is 1. The highest BCUT2D eigenvalue weighted by Gasteiger charge is 2.55. The summed E-state index contributed by atoms with van der Waals surface area (Å²) in [5.41, 5.74) is 6.93. The van der Waals surface area contributed by atoms with Crippen molar-refractivity contribution in [2.45, 2.75) is 151 Å². The van der Waals surface area contributed by atoms with Gasteiger partial charge in [-0.05, 0) is 91.9 Å². The van der Waals surface area contributed by atoms with E-state index < -0.39 is 11.5 Å². The summed E-state index contributed by atoms with van der Waals surface area (Å²) in [5.74, 6) is 1.88. The highest BCUT2D eigenvalue weighted by atomic mass is 32.2. The fourth-order valence-electron chi connectivity index (χ4n) is 6.89. The van der Waals surface area contributed by atoms with Gasteiger partial charge in [-0.3, -0.25) is 4.98 Å². The Hall–Kier alpha value is -1.87. The monoisotopic (exact) mass is 622 g/mol. The molecule has 4 nitrogen and oxygen atoms in total. The molecule has 5 rings (SSSR count). The van der Waals surface area contributed by atoms with Crippen molar-refractivity contribution in [3.05, 3.63) is 63.5 Å². The minimum Gasteiger partial charge on any atom is -0.388 e. The molecule has 2 aliphatic carbocycles. The van der Waals surface area contributed by atoms with Gasteiger partial charge < -0.3 is 9.84 Å². The largest absolute Gasteiger partial charge is 0.388 e. The van der Waals surface area contributed by atoms with Gasteiger partial charge in [0.1, 0.15) is 6.10 Å². The molecular weight excluding hydrogens is 561 g/mol. The Balaban J connectivity index is 0.000000672. The lowest BCUT2D eigenvalue weighted by Crippen LogP contribution is -2.34. The number of pyridine rings is 1. The van der Waals surface area contributed by atoms with Crippen molar-refractivity contribution >= 4 is 11.8 Å². The second-order valence-electron chi connectivity index (χ2n) is 14.2. The smallest absolute Gasteiger partial charge is 0.111 e. The fourth-order valence-corrected chi connectivity index (χ4v) is 6.89. The molecule has 0 amide bonds. The van der Waals surface area contributed by atoms with Gasteiger partial charge in [0.25, 0.3) is 0 Å². The molecule has 0 bridgehead atoms. The second-order valence-corrected chi connectivity index (χ2v) is 15.3. The molecule has 2 aromatic rings. The van der Waals surface area contributed by atoms with Gasteiger partial charge in [0.2, 0.25) is 0 Å². The summed E-state index contributed by atoms with van der Waals surface area (Å²) in [6, 6.07) is 10.8. The lowest BCUT2D eigenvalue weighted by molar-refractivity contribution is -0.0842. The first-order valence-corrected chi connectivity index (χ1v) is 18.6. The summed E-state index contributed by atoms with van der Waals surface area (Å²) < 4.78 is 7.17. The zero-order chi connectivity index (χ0) is 33.5. The van der Waals surface area contributed by atoms with Crippen LogP contribution in [0.25, 0.3) is 0 Å². The van der Waals surface area contributed by atoms with Crippen LogP contribution in [0.3, 0.4) is 0 Å². The van der Waals surface area contributed by atoms with Gasteiger partial charge in [-0.1, -0.05) is 99.9 Å². The predicted molar refractivity (Wildman–Crippen MR) is 189 cm³/mol. The maximum Gasteiger partial charge on any atom is 0.111 e. The highest BCUT2D eigenvalue weighted by Crippen LogP contribution is 2.61. The lowest BCUT2D eigenvalue weighted by atomic mass is 9.69. The normalized spacial score (nSPS) is 24.5. The van der Waals surface area contributed by atoms with Crippen LogP contribution in [-0.4, -0.2) is 22.1 Å². The van der Waals surface area contributed by atoms with E-state index in [0.717, 1.165) is 60.2 Å². The van der Waals surface area contributed by atoms with Gasteiger partial charge in [-0.25, -0.2) is 0 Å². The summed E-state index contributed by atoms with van der Waals surface area (Å²) in [5, 5.41) is 21.1. The molecule has 1 N–H and O–H groups in total. The van der Waals surface area contributed by atoms with Crippen molar-refractivity contribution in [2.24, 2.45) is 11.3 Å². The molecule has 2 unspecified atom stereocenters. The number of nitrogens with zero attached hydrogens (tertiary/aromatic N) is 2. The van der Waals surface area contributed by atoms with E-state index >= 15 is 0 Å². The molecule has 2 heterocycles. The minimum absolute atomic E-state index is 0.0264. The van der Waals surface area contributed by atoms with Crippen LogP contribution in [0.2, 0.25) is 0 Å². The number of aromatic nitrogens is 1. The van der Waals surface area contributed by atoms with Crippen LogP contribution in [0, 0.1) is 22.7 Å². The van der Waals surface area contributed by atoms with Crippen LogP contribution in [0.15, 0.2) is 24.3 Å². The number of thioether (sulfide) groups is 1. The van der Waals surface area contributed by atoms with Crippen LogP contribution >= 0.6 is 11.8 Å². The first kappa shape index (κ1) is 38.3. The number of aliphatic hydroxyl groups is 1. The van der Waals surface area contributed by atoms with E-state index in [4.69, 9.17) is 9.72 Å². The molecule has 1 spiro atoms. The Bertz CT molecular complexity index is 1240. The van der Waals surface area contributed by atoms with Gasteiger partial charge in [-0.15, -0.1) is 0 Å². The van der Waals surface area contributed by atoms with E-state index in [1.54, 1.807) is 0 Å².